The molecule has 0 atom stereocenters. The van der Waals surface area contributed by atoms with E-state index in [1.807, 2.05) is 0 Å². The van der Waals surface area contributed by atoms with E-state index in [-0.39, 0.29) is 16.8 Å². The zero-order chi connectivity index (χ0) is 3.58. The molecule has 5 heavy (non-hydrogen) atoms. The van der Waals surface area contributed by atoms with Gasteiger partial charge in [0.1, 0.15) is 0 Å². The molecule has 0 bridgehead atoms. The maximum atomic E-state index is 8.74. The van der Waals surface area contributed by atoms with Gasteiger partial charge in [-0.15, -0.1) is 0 Å². The molecular weight excluding hydrogens is 138 g/mol. The molecule has 1 radical (unpaired) electrons. The first-order valence-corrected chi connectivity index (χ1v) is 1.95. The predicted molar refractivity (Wildman–Crippen MR) is 13.4 cm³/mol. The van der Waals surface area contributed by atoms with Gasteiger partial charge < -0.3 is 9.79 Å². The van der Waals surface area contributed by atoms with E-state index < -0.39 is 8.25 Å². The molecule has 0 aliphatic carbocycles. The van der Waals surface area contributed by atoms with E-state index in [0.717, 1.165) is 0 Å². The molecule has 0 fully saturated rings. The van der Waals surface area contributed by atoms with Crippen LogP contribution in [0.1, 0.15) is 0 Å². The Bertz CT molecular complexity index is 29.9. The van der Waals surface area contributed by atoms with Crippen molar-refractivity contribution in [3.8, 4) is 0 Å². The fraction of sp³-hybridized carbons (Fsp3) is 0. The van der Waals surface area contributed by atoms with E-state index in [4.69, 9.17) is 14.4 Å². The maximum absolute atomic E-state index is 8.74. The summed E-state index contributed by atoms with van der Waals surface area (Å²) in [6, 6.07) is 0. The van der Waals surface area contributed by atoms with Crippen molar-refractivity contribution in [3.05, 3.63) is 0 Å². The summed E-state index contributed by atoms with van der Waals surface area (Å²) in [5, 5.41) is 0. The van der Waals surface area contributed by atoms with Gasteiger partial charge in [-0.25, -0.2) is 0 Å². The first kappa shape index (κ1) is 9.17. The molecule has 35 valence electrons. The standard InChI is InChI=1S/Co.H3O3P/c;1-4(2)3/h;4H,(H2,1,2,3). The molecule has 2 N–H and O–H groups in total. The van der Waals surface area contributed by atoms with E-state index in [1.54, 1.807) is 0 Å². The molecule has 0 spiro atoms. The Balaban J connectivity index is 0. The van der Waals surface area contributed by atoms with Gasteiger partial charge in [-0.2, -0.15) is 0 Å². The second-order valence-corrected chi connectivity index (χ2v) is 0.848. The van der Waals surface area contributed by atoms with Crippen LogP contribution in [0, 0.1) is 0 Å². The van der Waals surface area contributed by atoms with E-state index in [0.29, 0.717) is 0 Å². The Hall–Kier alpha value is 0.656. The molecule has 0 saturated heterocycles. The molecule has 0 aromatic rings. The van der Waals surface area contributed by atoms with E-state index in [2.05, 4.69) is 0 Å². The van der Waals surface area contributed by atoms with Gasteiger partial charge >= 0.3 is 8.25 Å². The molecule has 3 nitrogen and oxygen atoms in total. The SMILES string of the molecule is O=[PH](O)O.[Co]. The third-order valence-electron chi connectivity index (χ3n) is 0. The smallest absolute Gasteiger partial charge is 0.314 e. The second kappa shape index (κ2) is 4.66. The largest absolute Gasteiger partial charge is 0.326 e. The monoisotopic (exact) mass is 141 g/mol. The van der Waals surface area contributed by atoms with Gasteiger partial charge in [-0.3, -0.25) is 4.57 Å². The minimum Gasteiger partial charge on any atom is -0.326 e. The van der Waals surface area contributed by atoms with Crippen molar-refractivity contribution in [3.63, 3.8) is 0 Å². The van der Waals surface area contributed by atoms with Crippen molar-refractivity contribution in [1.82, 2.24) is 0 Å². The van der Waals surface area contributed by atoms with Crippen molar-refractivity contribution in [1.29, 1.82) is 0 Å². The van der Waals surface area contributed by atoms with Crippen molar-refractivity contribution < 1.29 is 31.1 Å². The topological polar surface area (TPSA) is 57.5 Å². The third kappa shape index (κ3) is 76.2. The fourth-order valence-electron chi connectivity index (χ4n) is 0. The molecule has 0 heterocycles. The van der Waals surface area contributed by atoms with Gasteiger partial charge in [-0.05, 0) is 0 Å². The van der Waals surface area contributed by atoms with Gasteiger partial charge in [0.25, 0.3) is 0 Å². The average Bonchev–Trinajstić information content (AvgIpc) is 0.811. The van der Waals surface area contributed by atoms with Crippen molar-refractivity contribution in [2.45, 2.75) is 0 Å². The fourth-order valence-corrected chi connectivity index (χ4v) is 0. The van der Waals surface area contributed by atoms with Gasteiger partial charge in [0, 0.05) is 16.8 Å². The van der Waals surface area contributed by atoms with Crippen molar-refractivity contribution >= 4 is 8.25 Å². The van der Waals surface area contributed by atoms with E-state index >= 15 is 0 Å². The maximum Gasteiger partial charge on any atom is 0.314 e. The average molecular weight is 141 g/mol. The summed E-state index contributed by atoms with van der Waals surface area (Å²) in [6.07, 6.45) is 0. The minimum absolute atomic E-state index is 0. The van der Waals surface area contributed by atoms with Crippen LogP contribution < -0.4 is 0 Å². The van der Waals surface area contributed by atoms with Crippen LogP contribution in [0.15, 0.2) is 0 Å². The summed E-state index contributed by atoms with van der Waals surface area (Å²) in [5.74, 6) is 0. The second-order valence-electron chi connectivity index (χ2n) is 0.283. The van der Waals surface area contributed by atoms with Crippen LogP contribution in [0.25, 0.3) is 0 Å². The van der Waals surface area contributed by atoms with Crippen LogP contribution in [0.5, 0.6) is 0 Å². The summed E-state index contributed by atoms with van der Waals surface area (Å²) < 4.78 is 8.74. The van der Waals surface area contributed by atoms with Crippen molar-refractivity contribution in [2.24, 2.45) is 0 Å². The zero-order valence-electron chi connectivity index (χ0n) is 2.14. The predicted octanol–water partition coefficient (Wildman–Crippen LogP) is -0.642. The van der Waals surface area contributed by atoms with E-state index in [9.17, 15) is 0 Å². The molecule has 0 amide bonds. The van der Waals surface area contributed by atoms with Gasteiger partial charge in [0.05, 0.1) is 0 Å². The molecule has 0 aliphatic rings. The summed E-state index contributed by atoms with van der Waals surface area (Å²) in [7, 11) is -3.13. The Labute approximate surface area is 40.2 Å². The Kier molecular flexibility index (Phi) is 8.54. The Morgan fingerprint density at radius 2 is 1.40 bits per heavy atom. The van der Waals surface area contributed by atoms with Crippen LogP contribution >= 0.6 is 8.25 Å². The third-order valence-corrected chi connectivity index (χ3v) is 0. The van der Waals surface area contributed by atoms with Gasteiger partial charge in [0.15, 0.2) is 0 Å². The molecule has 0 aromatic carbocycles. The number of rotatable bonds is 0. The number of hydrogen-bond acceptors (Lipinski definition) is 1. The summed E-state index contributed by atoms with van der Waals surface area (Å²) in [4.78, 5) is 14.3. The first-order valence-electron chi connectivity index (χ1n) is 0.651. The summed E-state index contributed by atoms with van der Waals surface area (Å²) >= 11 is 0. The van der Waals surface area contributed by atoms with Crippen LogP contribution in [0.3, 0.4) is 0 Å². The molecule has 0 aromatic heterocycles. The molecule has 0 rings (SSSR count). The Morgan fingerprint density at radius 1 is 1.40 bits per heavy atom. The molecule has 5 heteroatoms. The number of hydrogen-bond donors (Lipinski definition) is 2. The van der Waals surface area contributed by atoms with E-state index in [1.165, 1.54) is 0 Å². The molecule has 0 saturated carbocycles. The normalized spacial score (nSPS) is 7.00. The Morgan fingerprint density at radius 3 is 1.40 bits per heavy atom. The zero-order valence-corrected chi connectivity index (χ0v) is 4.18. The molecule has 0 aliphatic heterocycles. The van der Waals surface area contributed by atoms with Crippen molar-refractivity contribution in [2.75, 3.05) is 0 Å². The minimum atomic E-state index is -3.13. The quantitative estimate of drug-likeness (QED) is 0.441. The first-order chi connectivity index (χ1) is 1.73. The van der Waals surface area contributed by atoms with Crippen LogP contribution in [0.4, 0.5) is 0 Å². The van der Waals surface area contributed by atoms with Crippen LogP contribution in [-0.2, 0) is 21.3 Å². The summed E-state index contributed by atoms with van der Waals surface area (Å²) in [6.45, 7) is 0. The van der Waals surface area contributed by atoms with Gasteiger partial charge in [-0.1, -0.05) is 0 Å². The van der Waals surface area contributed by atoms with Gasteiger partial charge in [0.2, 0.25) is 0 Å². The summed E-state index contributed by atoms with van der Waals surface area (Å²) in [5.41, 5.74) is 0. The van der Waals surface area contributed by atoms with Crippen LogP contribution in [-0.4, -0.2) is 9.79 Å². The van der Waals surface area contributed by atoms with Crippen LogP contribution in [0.2, 0.25) is 0 Å². The molecule has 0 unspecified atom stereocenters. The molecular formula is H3CoO3P.